The molecule has 0 radical (unpaired) electrons. The maximum absolute atomic E-state index is 8.76. The van der Waals surface area contributed by atoms with Crippen LogP contribution in [0.15, 0.2) is 83.9 Å². The van der Waals surface area contributed by atoms with Gasteiger partial charge in [-0.1, -0.05) is 66.6 Å². The van der Waals surface area contributed by atoms with Gasteiger partial charge in [-0.2, -0.15) is 0 Å². The third-order valence-electron chi connectivity index (χ3n) is 5.01. The Hall–Kier alpha value is -3.33. The van der Waals surface area contributed by atoms with Crippen molar-refractivity contribution in [3.05, 3.63) is 101 Å². The lowest BCUT2D eigenvalue weighted by atomic mass is 9.92. The third-order valence-corrected chi connectivity index (χ3v) is 5.01. The number of hydrogen-bond acceptors (Lipinski definition) is 3. The van der Waals surface area contributed by atoms with Crippen molar-refractivity contribution in [3.63, 3.8) is 0 Å². The molecule has 1 atom stereocenters. The number of aromatic hydroxyl groups is 1. The summed E-state index contributed by atoms with van der Waals surface area (Å²) in [5.74, 6) is 0.601. The first-order chi connectivity index (χ1) is 14.3. The van der Waals surface area contributed by atoms with Gasteiger partial charge in [-0.15, -0.1) is 0 Å². The molecular formula is C27H32N2O. The van der Waals surface area contributed by atoms with E-state index < -0.39 is 0 Å². The number of phenols is 1. The van der Waals surface area contributed by atoms with Crippen LogP contribution in [0, 0.1) is 13.8 Å². The molecule has 3 nitrogen and oxygen atoms in total. The largest absolute Gasteiger partial charge is 0.508 e. The van der Waals surface area contributed by atoms with Gasteiger partial charge >= 0.3 is 0 Å². The fourth-order valence-electron chi connectivity index (χ4n) is 3.09. The van der Waals surface area contributed by atoms with Crippen molar-refractivity contribution in [1.29, 1.82) is 0 Å². The monoisotopic (exact) mass is 400 g/mol. The first-order valence-corrected chi connectivity index (χ1v) is 10.1. The number of nitrogens with two attached hydrogens (primary N) is 1. The van der Waals surface area contributed by atoms with E-state index >= 15 is 0 Å². The third kappa shape index (κ3) is 6.93. The highest BCUT2D eigenvalue weighted by Crippen LogP contribution is 2.22. The smallest absolute Gasteiger partial charge is 0.115 e. The lowest BCUT2D eigenvalue weighted by molar-refractivity contribution is 0.475. The molecule has 0 saturated carbocycles. The van der Waals surface area contributed by atoms with Crippen molar-refractivity contribution in [2.45, 2.75) is 33.6 Å². The van der Waals surface area contributed by atoms with Crippen molar-refractivity contribution in [1.82, 2.24) is 0 Å². The molecule has 3 heteroatoms. The molecule has 0 saturated heterocycles. The van der Waals surface area contributed by atoms with Gasteiger partial charge in [-0.25, -0.2) is 0 Å². The molecule has 0 bridgehead atoms. The molecule has 0 amide bonds. The summed E-state index contributed by atoms with van der Waals surface area (Å²) in [5, 5.41) is 8.76. The van der Waals surface area contributed by atoms with Crippen LogP contribution in [0.1, 0.15) is 42.0 Å². The van der Waals surface area contributed by atoms with E-state index in [0.717, 1.165) is 11.4 Å². The van der Waals surface area contributed by atoms with Gasteiger partial charge in [-0.05, 0) is 67.8 Å². The maximum atomic E-state index is 8.76. The zero-order valence-corrected chi connectivity index (χ0v) is 18.6. The molecule has 0 fully saturated rings. The second-order valence-electron chi connectivity index (χ2n) is 7.57. The first-order valence-electron chi connectivity index (χ1n) is 10.1. The van der Waals surface area contributed by atoms with E-state index in [4.69, 9.17) is 10.8 Å². The number of allylic oxidation sites excluding steroid dienone is 2. The molecule has 3 aromatic rings. The second kappa shape index (κ2) is 11.0. The topological polar surface area (TPSA) is 58.6 Å². The van der Waals surface area contributed by atoms with Crippen LogP contribution in [-0.2, 0) is 0 Å². The highest BCUT2D eigenvalue weighted by Gasteiger charge is 2.11. The molecule has 0 aliphatic carbocycles. The molecule has 3 aromatic carbocycles. The summed E-state index contributed by atoms with van der Waals surface area (Å²) in [6.45, 7) is 8.41. The Labute approximate surface area is 180 Å². The molecule has 0 spiro atoms. The summed E-state index contributed by atoms with van der Waals surface area (Å²) in [6, 6.07) is 23.7. The predicted octanol–water partition coefficient (Wildman–Crippen LogP) is 6.56. The van der Waals surface area contributed by atoms with Crippen molar-refractivity contribution < 1.29 is 5.11 Å². The lowest BCUT2D eigenvalue weighted by Crippen LogP contribution is -2.07. The Morgan fingerprint density at radius 2 is 1.57 bits per heavy atom. The zero-order chi connectivity index (χ0) is 22.1. The molecule has 0 aliphatic heterocycles. The molecule has 3 rings (SSSR count). The van der Waals surface area contributed by atoms with Gasteiger partial charge in [0.25, 0.3) is 0 Å². The van der Waals surface area contributed by atoms with Gasteiger partial charge in [0.05, 0.1) is 0 Å². The quantitative estimate of drug-likeness (QED) is 0.385. The van der Waals surface area contributed by atoms with Crippen LogP contribution in [0.3, 0.4) is 0 Å². The average molecular weight is 401 g/mol. The summed E-state index contributed by atoms with van der Waals surface area (Å²) < 4.78 is 0. The van der Waals surface area contributed by atoms with Crippen LogP contribution in [0.2, 0.25) is 0 Å². The fraction of sp³-hybridized carbons (Fsp3) is 0.222. The van der Waals surface area contributed by atoms with Gasteiger partial charge in [0, 0.05) is 24.4 Å². The van der Waals surface area contributed by atoms with Crippen LogP contribution in [0.25, 0.3) is 5.57 Å². The standard InChI is InChI=1S/C20H24N2.C7H8O/c1-14-6-5-7-18(12-14)16(3)20(22-4)13-15(2)17-8-10-19(21)11-9-17;1-6-2-4-7(8)5-3-6/h5-13,16H,21H2,1-4H3;2-5,8H,1H3/b15-13+,22-20?;. The van der Waals surface area contributed by atoms with Crippen molar-refractivity contribution >= 4 is 17.0 Å². The number of phenolic OH excluding ortho intramolecular Hbond substituents is 1. The van der Waals surface area contributed by atoms with E-state index in [1.165, 1.54) is 27.8 Å². The predicted molar refractivity (Wildman–Crippen MR) is 130 cm³/mol. The zero-order valence-electron chi connectivity index (χ0n) is 18.6. The van der Waals surface area contributed by atoms with Crippen LogP contribution in [0.4, 0.5) is 5.69 Å². The molecule has 30 heavy (non-hydrogen) atoms. The number of nitrogens with zero attached hydrogens (tertiary/aromatic N) is 1. The van der Waals surface area contributed by atoms with Crippen molar-refractivity contribution in [2.75, 3.05) is 12.8 Å². The molecule has 0 aromatic heterocycles. The van der Waals surface area contributed by atoms with Crippen LogP contribution in [0.5, 0.6) is 5.75 Å². The summed E-state index contributed by atoms with van der Waals surface area (Å²) in [7, 11) is 1.86. The molecule has 0 heterocycles. The normalized spacial score (nSPS) is 12.7. The number of rotatable bonds is 4. The van der Waals surface area contributed by atoms with Gasteiger partial charge in [0.15, 0.2) is 0 Å². The van der Waals surface area contributed by atoms with E-state index in [1.54, 1.807) is 12.1 Å². The van der Waals surface area contributed by atoms with E-state index in [2.05, 4.69) is 56.1 Å². The van der Waals surface area contributed by atoms with Gasteiger partial charge in [0.2, 0.25) is 0 Å². The average Bonchev–Trinajstić information content (AvgIpc) is 2.74. The Balaban J connectivity index is 0.000000335. The first kappa shape index (κ1) is 23.0. The molecular weight excluding hydrogens is 368 g/mol. The number of benzene rings is 3. The summed E-state index contributed by atoms with van der Waals surface area (Å²) >= 11 is 0. The van der Waals surface area contributed by atoms with Gasteiger partial charge < -0.3 is 10.8 Å². The Bertz CT molecular complexity index is 979. The number of aliphatic imine (C=N–C) groups is 1. The fourth-order valence-corrected chi connectivity index (χ4v) is 3.09. The summed E-state index contributed by atoms with van der Waals surface area (Å²) in [4.78, 5) is 4.49. The SMILES string of the molecule is CN=C(/C=C(\C)c1ccc(N)cc1)C(C)c1cccc(C)c1.Cc1ccc(O)cc1. The Morgan fingerprint density at radius 1 is 0.933 bits per heavy atom. The number of anilines is 1. The highest BCUT2D eigenvalue weighted by atomic mass is 16.3. The highest BCUT2D eigenvalue weighted by molar-refractivity contribution is 6.04. The summed E-state index contributed by atoms with van der Waals surface area (Å²) in [5.41, 5.74) is 13.7. The minimum atomic E-state index is 0.272. The van der Waals surface area contributed by atoms with E-state index in [-0.39, 0.29) is 5.92 Å². The van der Waals surface area contributed by atoms with E-state index in [0.29, 0.717) is 5.75 Å². The van der Waals surface area contributed by atoms with Gasteiger partial charge in [-0.3, -0.25) is 4.99 Å². The maximum Gasteiger partial charge on any atom is 0.115 e. The number of nitrogen functional groups attached to an aromatic ring is 1. The Morgan fingerprint density at radius 3 is 2.10 bits per heavy atom. The lowest BCUT2D eigenvalue weighted by Gasteiger charge is -2.14. The molecule has 1 unspecified atom stereocenters. The Kier molecular flexibility index (Phi) is 8.42. The van der Waals surface area contributed by atoms with Crippen molar-refractivity contribution in [2.24, 2.45) is 4.99 Å². The van der Waals surface area contributed by atoms with Crippen molar-refractivity contribution in [3.8, 4) is 5.75 Å². The molecule has 156 valence electrons. The number of aryl methyl sites for hydroxylation is 2. The minimum absolute atomic E-state index is 0.272. The second-order valence-corrected chi connectivity index (χ2v) is 7.57. The molecule has 0 aliphatic rings. The van der Waals surface area contributed by atoms with Crippen LogP contribution < -0.4 is 5.73 Å². The molecule has 3 N–H and O–H groups in total. The van der Waals surface area contributed by atoms with E-state index in [9.17, 15) is 0 Å². The minimum Gasteiger partial charge on any atom is -0.508 e. The van der Waals surface area contributed by atoms with Crippen LogP contribution in [-0.4, -0.2) is 17.9 Å². The number of hydrogen-bond donors (Lipinski definition) is 2. The summed E-state index contributed by atoms with van der Waals surface area (Å²) in [6.07, 6.45) is 2.17. The van der Waals surface area contributed by atoms with E-state index in [1.807, 2.05) is 50.4 Å². The van der Waals surface area contributed by atoms with Crippen LogP contribution >= 0.6 is 0 Å². The van der Waals surface area contributed by atoms with Gasteiger partial charge in [0.1, 0.15) is 5.75 Å².